The molecule has 1 aromatic heterocycles. The summed E-state index contributed by atoms with van der Waals surface area (Å²) in [7, 11) is 0. The fourth-order valence-corrected chi connectivity index (χ4v) is 5.36. The van der Waals surface area contributed by atoms with E-state index in [0.717, 1.165) is 37.3 Å². The van der Waals surface area contributed by atoms with Crippen LogP contribution < -0.4 is 10.2 Å². The molecule has 1 aromatic carbocycles. The number of hydrogen-bond donors (Lipinski definition) is 1. The maximum atomic E-state index is 13.0. The molecule has 3 fully saturated rings. The molecule has 6 nitrogen and oxygen atoms in total. The molecule has 0 saturated carbocycles. The van der Waals surface area contributed by atoms with Gasteiger partial charge in [0.15, 0.2) is 0 Å². The van der Waals surface area contributed by atoms with Crippen molar-refractivity contribution in [3.63, 3.8) is 0 Å². The third-order valence-electron chi connectivity index (χ3n) is 6.80. The standard InChI is InChI=1S/C23H23FN4O2/c24-17-4-1-15(2-5-17)9-22(29)27-12-18-19-13-28(14-23(19)8-7-20(18)30-23)21-6-3-16(10-25)11-26-21/h1-6,11,18-20H,7-9,12-14H2,(H,27,29)/t18-,19+,20+,23+/m0/s1. The quantitative estimate of drug-likeness (QED) is 0.825. The van der Waals surface area contributed by atoms with Crippen LogP contribution in [0.3, 0.4) is 0 Å². The lowest BCUT2D eigenvalue weighted by Crippen LogP contribution is -2.42. The highest BCUT2D eigenvalue weighted by Gasteiger charge is 2.63. The van der Waals surface area contributed by atoms with E-state index < -0.39 is 0 Å². The molecule has 1 amide bonds. The molecule has 4 atom stereocenters. The van der Waals surface area contributed by atoms with Crippen molar-refractivity contribution >= 4 is 11.7 Å². The molecule has 1 spiro atoms. The highest BCUT2D eigenvalue weighted by molar-refractivity contribution is 5.78. The van der Waals surface area contributed by atoms with E-state index in [9.17, 15) is 9.18 Å². The van der Waals surface area contributed by atoms with Gasteiger partial charge in [-0.3, -0.25) is 4.79 Å². The summed E-state index contributed by atoms with van der Waals surface area (Å²) in [5.74, 6) is 1.14. The van der Waals surface area contributed by atoms with Crippen LogP contribution in [-0.2, 0) is 16.0 Å². The Hall–Kier alpha value is -2.98. The molecule has 2 bridgehead atoms. The van der Waals surface area contributed by atoms with Crippen LogP contribution in [0.25, 0.3) is 0 Å². The number of carbonyl (C=O) groups is 1. The van der Waals surface area contributed by atoms with Crippen molar-refractivity contribution in [3.05, 3.63) is 59.5 Å². The Balaban J connectivity index is 1.23. The van der Waals surface area contributed by atoms with Crippen LogP contribution in [0.15, 0.2) is 42.6 Å². The SMILES string of the molecule is N#Cc1ccc(N2C[C@@H]3[C@H](CNC(=O)Cc4ccc(F)cc4)[C@H]4CC[C@]3(C2)O4)nc1. The first-order valence-corrected chi connectivity index (χ1v) is 10.4. The summed E-state index contributed by atoms with van der Waals surface area (Å²) in [6.07, 6.45) is 4.10. The Bertz CT molecular complexity index is 988. The van der Waals surface area contributed by atoms with Crippen molar-refractivity contribution in [2.24, 2.45) is 11.8 Å². The van der Waals surface area contributed by atoms with E-state index in [0.29, 0.717) is 18.0 Å². The first kappa shape index (κ1) is 19.0. The number of benzene rings is 1. The third-order valence-corrected chi connectivity index (χ3v) is 6.80. The number of fused-ring (bicyclic) bond motifs is 1. The molecule has 154 valence electrons. The third kappa shape index (κ3) is 3.31. The van der Waals surface area contributed by atoms with E-state index >= 15 is 0 Å². The molecule has 30 heavy (non-hydrogen) atoms. The summed E-state index contributed by atoms with van der Waals surface area (Å²) >= 11 is 0. The van der Waals surface area contributed by atoms with Gasteiger partial charge in [-0.15, -0.1) is 0 Å². The lowest BCUT2D eigenvalue weighted by Gasteiger charge is -2.29. The molecule has 0 unspecified atom stereocenters. The summed E-state index contributed by atoms with van der Waals surface area (Å²) in [6.45, 7) is 2.23. The zero-order valence-corrected chi connectivity index (χ0v) is 16.6. The largest absolute Gasteiger partial charge is 0.369 e. The minimum absolute atomic E-state index is 0.0537. The predicted octanol–water partition coefficient (Wildman–Crippen LogP) is 2.44. The summed E-state index contributed by atoms with van der Waals surface area (Å²) < 4.78 is 19.5. The zero-order chi connectivity index (χ0) is 20.7. The van der Waals surface area contributed by atoms with Gasteiger partial charge in [-0.25, -0.2) is 9.37 Å². The van der Waals surface area contributed by atoms with Gasteiger partial charge >= 0.3 is 0 Å². The minimum atomic E-state index is -0.300. The second-order valence-electron chi connectivity index (χ2n) is 8.53. The lowest BCUT2D eigenvalue weighted by molar-refractivity contribution is -0.120. The highest BCUT2D eigenvalue weighted by Crippen LogP contribution is 2.55. The number of ether oxygens (including phenoxy) is 1. The Kier molecular flexibility index (Phi) is 4.67. The average Bonchev–Trinajstić information content (AvgIpc) is 3.43. The number of nitrogens with one attached hydrogen (secondary N) is 1. The second-order valence-corrected chi connectivity index (χ2v) is 8.53. The smallest absolute Gasteiger partial charge is 0.224 e. The number of nitrogens with zero attached hydrogens (tertiary/aromatic N) is 3. The van der Waals surface area contributed by atoms with Crippen molar-refractivity contribution in [2.45, 2.75) is 31.0 Å². The molecule has 0 aliphatic carbocycles. The number of nitriles is 1. The molecular formula is C23H23FN4O2. The predicted molar refractivity (Wildman–Crippen MR) is 108 cm³/mol. The molecule has 3 aliphatic rings. The van der Waals surface area contributed by atoms with Crippen molar-refractivity contribution < 1.29 is 13.9 Å². The monoisotopic (exact) mass is 406 g/mol. The molecule has 4 heterocycles. The molecule has 3 saturated heterocycles. The van der Waals surface area contributed by atoms with E-state index in [1.54, 1.807) is 24.4 Å². The van der Waals surface area contributed by atoms with Gasteiger partial charge in [0.1, 0.15) is 17.7 Å². The molecule has 3 aliphatic heterocycles. The highest BCUT2D eigenvalue weighted by atomic mass is 19.1. The topological polar surface area (TPSA) is 78.2 Å². The first-order chi connectivity index (χ1) is 14.6. The number of amides is 1. The fourth-order valence-electron chi connectivity index (χ4n) is 5.36. The number of halogens is 1. The van der Waals surface area contributed by atoms with Crippen LogP contribution in [0.4, 0.5) is 10.2 Å². The van der Waals surface area contributed by atoms with Crippen LogP contribution in [0.1, 0.15) is 24.0 Å². The number of pyridine rings is 1. The van der Waals surface area contributed by atoms with Crippen LogP contribution >= 0.6 is 0 Å². The van der Waals surface area contributed by atoms with Gasteiger partial charge in [-0.2, -0.15) is 5.26 Å². The summed E-state index contributed by atoms with van der Waals surface area (Å²) in [5.41, 5.74) is 1.19. The van der Waals surface area contributed by atoms with E-state index in [4.69, 9.17) is 10.00 Å². The number of anilines is 1. The minimum Gasteiger partial charge on any atom is -0.369 e. The van der Waals surface area contributed by atoms with Crippen molar-refractivity contribution in [3.8, 4) is 6.07 Å². The van der Waals surface area contributed by atoms with Crippen LogP contribution in [-0.4, -0.2) is 42.2 Å². The molecule has 1 N–H and O–H groups in total. The fraction of sp³-hybridized carbons (Fsp3) is 0.435. The summed E-state index contributed by atoms with van der Waals surface area (Å²) in [4.78, 5) is 19.1. The molecule has 2 aromatic rings. The first-order valence-electron chi connectivity index (χ1n) is 10.4. The lowest BCUT2D eigenvalue weighted by atomic mass is 9.73. The second kappa shape index (κ2) is 7.37. The van der Waals surface area contributed by atoms with E-state index in [1.165, 1.54) is 12.1 Å². The molecule has 7 heteroatoms. The van der Waals surface area contributed by atoms with Crippen molar-refractivity contribution in [1.29, 1.82) is 5.26 Å². The molecular weight excluding hydrogens is 383 g/mol. The van der Waals surface area contributed by atoms with Gasteiger partial charge in [0.05, 0.1) is 23.7 Å². The van der Waals surface area contributed by atoms with Crippen molar-refractivity contribution in [1.82, 2.24) is 10.3 Å². The van der Waals surface area contributed by atoms with E-state index in [1.807, 2.05) is 6.07 Å². The van der Waals surface area contributed by atoms with E-state index in [-0.39, 0.29) is 35.8 Å². The van der Waals surface area contributed by atoms with Gasteiger partial charge < -0.3 is 15.0 Å². The zero-order valence-electron chi connectivity index (χ0n) is 16.6. The number of aromatic nitrogens is 1. The Labute approximate surface area is 174 Å². The molecule has 0 radical (unpaired) electrons. The number of rotatable bonds is 5. The van der Waals surface area contributed by atoms with E-state index in [2.05, 4.69) is 21.3 Å². The van der Waals surface area contributed by atoms with Crippen LogP contribution in [0.2, 0.25) is 0 Å². The summed E-state index contributed by atoms with van der Waals surface area (Å²) in [6, 6.07) is 11.8. The number of carbonyl (C=O) groups excluding carboxylic acids is 1. The molecule has 5 rings (SSSR count). The number of hydrogen-bond acceptors (Lipinski definition) is 5. The Morgan fingerprint density at radius 1 is 1.33 bits per heavy atom. The van der Waals surface area contributed by atoms with Crippen LogP contribution in [0, 0.1) is 29.0 Å². The average molecular weight is 406 g/mol. The Morgan fingerprint density at radius 3 is 2.90 bits per heavy atom. The maximum Gasteiger partial charge on any atom is 0.224 e. The summed E-state index contributed by atoms with van der Waals surface area (Å²) in [5, 5.41) is 12.0. The maximum absolute atomic E-state index is 13.0. The van der Waals surface area contributed by atoms with Gasteiger partial charge in [0.25, 0.3) is 0 Å². The van der Waals surface area contributed by atoms with Gasteiger partial charge in [0, 0.05) is 37.7 Å². The van der Waals surface area contributed by atoms with Gasteiger partial charge in [-0.05, 0) is 42.7 Å². The van der Waals surface area contributed by atoms with Gasteiger partial charge in [-0.1, -0.05) is 12.1 Å². The Morgan fingerprint density at radius 2 is 2.17 bits per heavy atom. The van der Waals surface area contributed by atoms with Crippen molar-refractivity contribution in [2.75, 3.05) is 24.5 Å². The van der Waals surface area contributed by atoms with Crippen LogP contribution in [0.5, 0.6) is 0 Å². The normalized spacial score (nSPS) is 28.9. The van der Waals surface area contributed by atoms with Gasteiger partial charge in [0.2, 0.25) is 5.91 Å².